The monoisotopic (exact) mass is 268 g/mol. The van der Waals surface area contributed by atoms with Gasteiger partial charge in [-0.25, -0.2) is 4.98 Å². The first kappa shape index (κ1) is 13.4. The van der Waals surface area contributed by atoms with Gasteiger partial charge in [-0.1, -0.05) is 13.8 Å². The number of nitrogens with two attached hydrogens (primary N) is 1. The molecule has 0 saturated carbocycles. The SMILES string of the molecule is C[C](C)CN1CCC(Nc2nc(Cl)ncc2N)C1. The van der Waals surface area contributed by atoms with E-state index >= 15 is 0 Å². The van der Waals surface area contributed by atoms with Crippen LogP contribution in [0, 0.1) is 5.92 Å². The molecule has 1 unspecified atom stereocenters. The van der Waals surface area contributed by atoms with Crippen molar-refractivity contribution in [1.29, 1.82) is 0 Å². The van der Waals surface area contributed by atoms with E-state index in [9.17, 15) is 0 Å². The van der Waals surface area contributed by atoms with E-state index in [0.717, 1.165) is 26.1 Å². The average molecular weight is 269 g/mol. The van der Waals surface area contributed by atoms with Gasteiger partial charge in [-0.05, 0) is 23.9 Å². The number of likely N-dealkylation sites (tertiary alicyclic amines) is 1. The first-order valence-corrected chi connectivity index (χ1v) is 6.48. The smallest absolute Gasteiger partial charge is 0.224 e. The molecule has 1 atom stereocenters. The van der Waals surface area contributed by atoms with Crippen molar-refractivity contribution in [3.63, 3.8) is 0 Å². The molecule has 0 aliphatic carbocycles. The first-order chi connectivity index (χ1) is 8.54. The standard InChI is InChI=1S/C12H19ClN5/c1-8(2)6-18-4-3-9(7-18)16-11-10(14)5-15-12(13)17-11/h5,9H,3-4,6-7,14H2,1-2H3,(H,15,16,17). The van der Waals surface area contributed by atoms with E-state index in [1.807, 2.05) is 0 Å². The van der Waals surface area contributed by atoms with Gasteiger partial charge in [0.15, 0.2) is 5.82 Å². The van der Waals surface area contributed by atoms with Crippen molar-refractivity contribution in [3.8, 4) is 0 Å². The highest BCUT2D eigenvalue weighted by Gasteiger charge is 2.23. The normalized spacial score (nSPS) is 20.6. The van der Waals surface area contributed by atoms with Gasteiger partial charge >= 0.3 is 0 Å². The van der Waals surface area contributed by atoms with E-state index in [4.69, 9.17) is 17.3 Å². The van der Waals surface area contributed by atoms with Crippen LogP contribution in [-0.4, -0.2) is 40.5 Å². The molecule has 99 valence electrons. The summed E-state index contributed by atoms with van der Waals surface area (Å²) in [5.41, 5.74) is 6.36. The topological polar surface area (TPSA) is 67.1 Å². The Morgan fingerprint density at radius 1 is 1.61 bits per heavy atom. The molecule has 5 nitrogen and oxygen atoms in total. The summed E-state index contributed by atoms with van der Waals surface area (Å²) in [6.45, 7) is 7.47. The van der Waals surface area contributed by atoms with Crippen molar-refractivity contribution in [1.82, 2.24) is 14.9 Å². The van der Waals surface area contributed by atoms with Crippen LogP contribution >= 0.6 is 11.6 Å². The van der Waals surface area contributed by atoms with Crippen LogP contribution in [0.5, 0.6) is 0 Å². The summed E-state index contributed by atoms with van der Waals surface area (Å²) >= 11 is 5.77. The number of aromatic nitrogens is 2. The molecule has 2 rings (SSSR count). The Kier molecular flexibility index (Phi) is 4.24. The zero-order valence-corrected chi connectivity index (χ0v) is 11.5. The lowest BCUT2D eigenvalue weighted by atomic mass is 10.2. The van der Waals surface area contributed by atoms with Gasteiger partial charge in [-0.15, -0.1) is 0 Å². The molecule has 1 aromatic heterocycles. The van der Waals surface area contributed by atoms with E-state index < -0.39 is 0 Å². The molecule has 18 heavy (non-hydrogen) atoms. The van der Waals surface area contributed by atoms with E-state index in [2.05, 4.69) is 34.0 Å². The van der Waals surface area contributed by atoms with Gasteiger partial charge in [0, 0.05) is 25.7 Å². The van der Waals surface area contributed by atoms with E-state index in [1.165, 1.54) is 12.1 Å². The Morgan fingerprint density at radius 3 is 3.11 bits per heavy atom. The van der Waals surface area contributed by atoms with Crippen LogP contribution in [0.4, 0.5) is 11.5 Å². The summed E-state index contributed by atoms with van der Waals surface area (Å²) in [6.07, 6.45) is 2.63. The molecule has 1 saturated heterocycles. The van der Waals surface area contributed by atoms with Crippen molar-refractivity contribution >= 4 is 23.1 Å². The van der Waals surface area contributed by atoms with Gasteiger partial charge in [0.2, 0.25) is 5.28 Å². The largest absolute Gasteiger partial charge is 0.394 e. The third-order valence-corrected chi connectivity index (χ3v) is 3.12. The Bertz CT molecular complexity index is 409. The van der Waals surface area contributed by atoms with Gasteiger partial charge in [-0.3, -0.25) is 0 Å². The summed E-state index contributed by atoms with van der Waals surface area (Å²) in [6, 6.07) is 0.373. The molecular formula is C12H19ClN5. The lowest BCUT2D eigenvalue weighted by Crippen LogP contribution is -2.29. The third kappa shape index (κ3) is 3.46. The predicted octanol–water partition coefficient (Wildman–Crippen LogP) is 1.81. The quantitative estimate of drug-likeness (QED) is 0.816. The molecule has 0 bridgehead atoms. The molecule has 1 aromatic rings. The highest BCUT2D eigenvalue weighted by Crippen LogP contribution is 2.20. The van der Waals surface area contributed by atoms with Gasteiger partial charge in [0.05, 0.1) is 11.9 Å². The van der Waals surface area contributed by atoms with E-state index in [-0.39, 0.29) is 5.28 Å². The molecule has 1 aliphatic rings. The zero-order chi connectivity index (χ0) is 13.1. The van der Waals surface area contributed by atoms with Crippen molar-refractivity contribution in [3.05, 3.63) is 17.4 Å². The Morgan fingerprint density at radius 2 is 2.39 bits per heavy atom. The highest BCUT2D eigenvalue weighted by molar-refractivity contribution is 6.28. The number of rotatable bonds is 4. The fraction of sp³-hybridized carbons (Fsp3) is 0.583. The number of hydrogen-bond acceptors (Lipinski definition) is 5. The minimum absolute atomic E-state index is 0.222. The van der Waals surface area contributed by atoms with Crippen LogP contribution in [0.15, 0.2) is 6.20 Å². The minimum Gasteiger partial charge on any atom is -0.394 e. The summed E-state index contributed by atoms with van der Waals surface area (Å²) in [5, 5.41) is 3.56. The second kappa shape index (κ2) is 5.71. The molecule has 3 N–H and O–H groups in total. The predicted molar refractivity (Wildman–Crippen MR) is 74.5 cm³/mol. The van der Waals surface area contributed by atoms with Gasteiger partial charge in [0.1, 0.15) is 0 Å². The second-order valence-electron chi connectivity index (χ2n) is 5.02. The van der Waals surface area contributed by atoms with E-state index in [0.29, 0.717) is 17.5 Å². The number of hydrogen-bond donors (Lipinski definition) is 2. The van der Waals surface area contributed by atoms with Crippen molar-refractivity contribution in [2.24, 2.45) is 0 Å². The Labute approximate surface area is 113 Å². The summed E-state index contributed by atoms with van der Waals surface area (Å²) in [7, 11) is 0. The van der Waals surface area contributed by atoms with Gasteiger partial charge < -0.3 is 16.0 Å². The van der Waals surface area contributed by atoms with Crippen molar-refractivity contribution in [2.75, 3.05) is 30.7 Å². The maximum Gasteiger partial charge on any atom is 0.224 e. The Balaban J connectivity index is 1.93. The lowest BCUT2D eigenvalue weighted by molar-refractivity contribution is 0.349. The number of nitrogen functional groups attached to an aromatic ring is 1. The highest BCUT2D eigenvalue weighted by atomic mass is 35.5. The van der Waals surface area contributed by atoms with Crippen LogP contribution in [-0.2, 0) is 0 Å². The molecule has 6 heteroatoms. The summed E-state index contributed by atoms with van der Waals surface area (Å²) in [5.74, 6) is 2.07. The molecular weight excluding hydrogens is 250 g/mol. The molecule has 1 aliphatic heterocycles. The van der Waals surface area contributed by atoms with Crippen LogP contribution in [0.2, 0.25) is 5.28 Å². The van der Waals surface area contributed by atoms with Crippen LogP contribution < -0.4 is 11.1 Å². The van der Waals surface area contributed by atoms with Crippen LogP contribution in [0.25, 0.3) is 0 Å². The lowest BCUT2D eigenvalue weighted by Gasteiger charge is -2.19. The van der Waals surface area contributed by atoms with Crippen molar-refractivity contribution in [2.45, 2.75) is 26.3 Å². The summed E-state index contributed by atoms with van der Waals surface area (Å²) < 4.78 is 0. The summed E-state index contributed by atoms with van der Waals surface area (Å²) in [4.78, 5) is 10.4. The van der Waals surface area contributed by atoms with Crippen LogP contribution in [0.1, 0.15) is 20.3 Å². The molecule has 1 fully saturated rings. The molecule has 1 radical (unpaired) electrons. The molecule has 0 aromatic carbocycles. The first-order valence-electron chi connectivity index (χ1n) is 6.10. The number of anilines is 2. The van der Waals surface area contributed by atoms with Gasteiger partial charge in [0.25, 0.3) is 0 Å². The number of halogens is 1. The molecule has 0 spiro atoms. The molecule has 2 heterocycles. The number of nitrogens with one attached hydrogen (secondary N) is 1. The molecule has 0 amide bonds. The Hall–Kier alpha value is -1.07. The fourth-order valence-electron chi connectivity index (χ4n) is 2.22. The third-order valence-electron chi connectivity index (χ3n) is 2.94. The maximum atomic E-state index is 5.82. The van der Waals surface area contributed by atoms with Crippen LogP contribution in [0.3, 0.4) is 0 Å². The van der Waals surface area contributed by atoms with Gasteiger partial charge in [-0.2, -0.15) is 4.98 Å². The number of nitrogens with zero attached hydrogens (tertiary/aromatic N) is 3. The fourth-order valence-corrected chi connectivity index (χ4v) is 2.35. The average Bonchev–Trinajstić information content (AvgIpc) is 2.70. The maximum absolute atomic E-state index is 5.82. The van der Waals surface area contributed by atoms with Crippen molar-refractivity contribution < 1.29 is 0 Å². The zero-order valence-electron chi connectivity index (χ0n) is 10.8. The minimum atomic E-state index is 0.222. The van der Waals surface area contributed by atoms with E-state index in [1.54, 1.807) is 0 Å². The second-order valence-corrected chi connectivity index (χ2v) is 5.35.